The van der Waals surface area contributed by atoms with Crippen LogP contribution in [0.1, 0.15) is 71.3 Å². The molecule has 1 aliphatic heterocycles. The van der Waals surface area contributed by atoms with Gasteiger partial charge < -0.3 is 14.2 Å². The molecule has 1 aromatic rings. The molecule has 1 aromatic carbocycles. The first-order chi connectivity index (χ1) is 16.0. The number of thioether (sulfide) groups is 1. The maximum atomic E-state index is 12.9. The highest BCUT2D eigenvalue weighted by Crippen LogP contribution is 2.35. The summed E-state index contributed by atoms with van der Waals surface area (Å²) in [4.78, 5) is 26.5. The predicted molar refractivity (Wildman–Crippen MR) is 138 cm³/mol. The fraction of sp³-hybridized carbons (Fsp3) is 0.560. The average molecular weight is 494 g/mol. The summed E-state index contributed by atoms with van der Waals surface area (Å²) in [5.41, 5.74) is 0.870. The number of rotatable bonds is 15. The van der Waals surface area contributed by atoms with Gasteiger partial charge in [-0.2, -0.15) is 0 Å². The number of esters is 1. The number of carbonyl (C=O) groups excluding carboxylic acids is 2. The Balaban J connectivity index is 1.95. The van der Waals surface area contributed by atoms with Gasteiger partial charge in [0, 0.05) is 13.0 Å². The standard InChI is InChI=1S/C25H35NO5S2/c1-4-7-11-16-31-20-14-13-19(17-21(20)29-5-2)18-22-24(28)26(25(32)33-22)15-10-8-9-12-23(27)30-6-3/h13-14,17-18H,4-12,15-16H2,1-3H3/b22-18-. The van der Waals surface area contributed by atoms with Crippen molar-refractivity contribution < 1.29 is 23.8 Å². The minimum absolute atomic E-state index is 0.0757. The molecule has 182 valence electrons. The highest BCUT2D eigenvalue weighted by molar-refractivity contribution is 8.26. The van der Waals surface area contributed by atoms with Crippen LogP contribution in [-0.2, 0) is 14.3 Å². The first kappa shape index (κ1) is 27.2. The Labute approximate surface area is 207 Å². The normalized spacial score (nSPS) is 14.8. The van der Waals surface area contributed by atoms with Gasteiger partial charge in [-0.15, -0.1) is 0 Å². The summed E-state index contributed by atoms with van der Waals surface area (Å²) in [6.45, 7) is 8.05. The molecule has 1 heterocycles. The number of unbranched alkanes of at least 4 members (excludes halogenated alkanes) is 4. The summed E-state index contributed by atoms with van der Waals surface area (Å²) in [5, 5.41) is 0. The molecule has 8 heteroatoms. The van der Waals surface area contributed by atoms with Gasteiger partial charge in [0.05, 0.1) is 24.7 Å². The van der Waals surface area contributed by atoms with Crippen LogP contribution in [-0.4, -0.2) is 47.5 Å². The van der Waals surface area contributed by atoms with E-state index in [-0.39, 0.29) is 11.9 Å². The zero-order valence-electron chi connectivity index (χ0n) is 19.9. The second-order valence-electron chi connectivity index (χ2n) is 7.64. The molecule has 0 radical (unpaired) electrons. The van der Waals surface area contributed by atoms with Crippen LogP contribution in [0.4, 0.5) is 0 Å². The van der Waals surface area contributed by atoms with Crippen molar-refractivity contribution in [2.45, 2.75) is 65.7 Å². The van der Waals surface area contributed by atoms with Gasteiger partial charge in [0.15, 0.2) is 11.5 Å². The highest BCUT2D eigenvalue weighted by Gasteiger charge is 2.31. The van der Waals surface area contributed by atoms with E-state index in [0.717, 1.165) is 49.8 Å². The van der Waals surface area contributed by atoms with Gasteiger partial charge in [0.2, 0.25) is 0 Å². The molecule has 1 fully saturated rings. The Morgan fingerprint density at radius 3 is 2.58 bits per heavy atom. The smallest absolute Gasteiger partial charge is 0.305 e. The van der Waals surface area contributed by atoms with Crippen LogP contribution >= 0.6 is 24.0 Å². The third kappa shape index (κ3) is 9.01. The van der Waals surface area contributed by atoms with E-state index in [2.05, 4.69) is 6.92 Å². The number of hydrogen-bond donors (Lipinski definition) is 0. The van der Waals surface area contributed by atoms with Crippen molar-refractivity contribution in [3.05, 3.63) is 28.7 Å². The number of ether oxygens (including phenoxy) is 3. The maximum absolute atomic E-state index is 12.9. The van der Waals surface area contributed by atoms with E-state index in [1.54, 1.807) is 11.8 Å². The molecular weight excluding hydrogens is 458 g/mol. The van der Waals surface area contributed by atoms with Gasteiger partial charge in [-0.25, -0.2) is 0 Å². The van der Waals surface area contributed by atoms with Crippen LogP contribution in [0.5, 0.6) is 11.5 Å². The molecule has 1 aliphatic rings. The van der Waals surface area contributed by atoms with Gasteiger partial charge >= 0.3 is 5.97 Å². The molecule has 1 saturated heterocycles. The highest BCUT2D eigenvalue weighted by atomic mass is 32.2. The van der Waals surface area contributed by atoms with Crippen molar-refractivity contribution in [2.24, 2.45) is 0 Å². The lowest BCUT2D eigenvalue weighted by Gasteiger charge is -2.14. The van der Waals surface area contributed by atoms with Crippen LogP contribution < -0.4 is 9.47 Å². The Hall–Kier alpha value is -2.06. The van der Waals surface area contributed by atoms with Crippen LogP contribution in [0.25, 0.3) is 6.08 Å². The van der Waals surface area contributed by atoms with Crippen LogP contribution in [0.15, 0.2) is 23.1 Å². The van der Waals surface area contributed by atoms with E-state index in [0.29, 0.717) is 47.8 Å². The fourth-order valence-corrected chi connectivity index (χ4v) is 4.64. The molecule has 0 aromatic heterocycles. The fourth-order valence-electron chi connectivity index (χ4n) is 3.33. The molecular formula is C25H35NO5S2. The van der Waals surface area contributed by atoms with E-state index in [1.165, 1.54) is 11.8 Å². The minimum atomic E-state index is -0.171. The van der Waals surface area contributed by atoms with Gasteiger partial charge in [-0.05, 0) is 56.9 Å². The summed E-state index contributed by atoms with van der Waals surface area (Å²) in [6.07, 6.45) is 7.92. The Kier molecular flexibility index (Phi) is 12.3. The zero-order valence-corrected chi connectivity index (χ0v) is 21.5. The molecule has 0 spiro atoms. The van der Waals surface area contributed by atoms with Gasteiger partial charge in [-0.1, -0.05) is 56.2 Å². The number of thiocarbonyl (C=S) groups is 1. The number of benzene rings is 1. The summed E-state index contributed by atoms with van der Waals surface area (Å²) in [6, 6.07) is 5.73. The maximum Gasteiger partial charge on any atom is 0.305 e. The van der Waals surface area contributed by atoms with Crippen molar-refractivity contribution in [2.75, 3.05) is 26.4 Å². The quantitative estimate of drug-likeness (QED) is 0.129. The molecule has 0 unspecified atom stereocenters. The van der Waals surface area contributed by atoms with Crippen molar-refractivity contribution in [1.82, 2.24) is 4.90 Å². The van der Waals surface area contributed by atoms with Crippen LogP contribution in [0, 0.1) is 0 Å². The molecule has 2 rings (SSSR count). The molecule has 6 nitrogen and oxygen atoms in total. The van der Waals surface area contributed by atoms with Crippen molar-refractivity contribution in [3.63, 3.8) is 0 Å². The van der Waals surface area contributed by atoms with Crippen LogP contribution in [0.3, 0.4) is 0 Å². The first-order valence-corrected chi connectivity index (χ1v) is 13.0. The first-order valence-electron chi connectivity index (χ1n) is 11.8. The summed E-state index contributed by atoms with van der Waals surface area (Å²) in [5.74, 6) is 1.16. The van der Waals surface area contributed by atoms with E-state index < -0.39 is 0 Å². The lowest BCUT2D eigenvalue weighted by molar-refractivity contribution is -0.143. The van der Waals surface area contributed by atoms with Gasteiger partial charge in [0.25, 0.3) is 5.91 Å². The summed E-state index contributed by atoms with van der Waals surface area (Å²) >= 11 is 6.75. The Bertz CT molecular complexity index is 840. The van der Waals surface area contributed by atoms with E-state index in [9.17, 15) is 9.59 Å². The minimum Gasteiger partial charge on any atom is -0.490 e. The molecule has 33 heavy (non-hydrogen) atoms. The molecule has 0 saturated carbocycles. The molecule has 0 aliphatic carbocycles. The second kappa shape index (κ2) is 15.0. The largest absolute Gasteiger partial charge is 0.490 e. The van der Waals surface area contributed by atoms with E-state index in [4.69, 9.17) is 26.4 Å². The predicted octanol–water partition coefficient (Wildman–Crippen LogP) is 5.98. The van der Waals surface area contributed by atoms with Gasteiger partial charge in [0.1, 0.15) is 4.32 Å². The van der Waals surface area contributed by atoms with Crippen LogP contribution in [0.2, 0.25) is 0 Å². The SMILES string of the molecule is CCCCCOc1ccc(/C=C2\SC(=S)N(CCCCCC(=O)OCC)C2=O)cc1OCC. The molecule has 1 amide bonds. The number of nitrogens with zero attached hydrogens (tertiary/aromatic N) is 1. The van der Waals surface area contributed by atoms with Gasteiger partial charge in [-0.3, -0.25) is 14.5 Å². The topological polar surface area (TPSA) is 65.1 Å². The zero-order chi connectivity index (χ0) is 24.1. The lowest BCUT2D eigenvalue weighted by Crippen LogP contribution is -2.29. The monoisotopic (exact) mass is 493 g/mol. The number of hydrogen-bond acceptors (Lipinski definition) is 7. The molecule has 0 N–H and O–H groups in total. The Morgan fingerprint density at radius 1 is 1.03 bits per heavy atom. The lowest BCUT2D eigenvalue weighted by atomic mass is 10.1. The van der Waals surface area contributed by atoms with Crippen molar-refractivity contribution >= 4 is 46.3 Å². The number of amides is 1. The third-order valence-corrected chi connectivity index (χ3v) is 6.39. The molecule has 0 bridgehead atoms. The number of carbonyl (C=O) groups is 2. The van der Waals surface area contributed by atoms with E-state index in [1.807, 2.05) is 31.2 Å². The second-order valence-corrected chi connectivity index (χ2v) is 9.32. The average Bonchev–Trinajstić information content (AvgIpc) is 3.05. The summed E-state index contributed by atoms with van der Waals surface area (Å²) < 4.78 is 17.2. The van der Waals surface area contributed by atoms with E-state index >= 15 is 0 Å². The van der Waals surface area contributed by atoms with Crippen molar-refractivity contribution in [1.29, 1.82) is 0 Å². The third-order valence-electron chi connectivity index (χ3n) is 5.01. The van der Waals surface area contributed by atoms with Crippen molar-refractivity contribution in [3.8, 4) is 11.5 Å². The summed E-state index contributed by atoms with van der Waals surface area (Å²) in [7, 11) is 0. The molecule has 0 atom stereocenters. The Morgan fingerprint density at radius 2 is 1.85 bits per heavy atom.